The lowest BCUT2D eigenvalue weighted by atomic mass is 9.91. The van der Waals surface area contributed by atoms with Crippen LogP contribution >= 0.6 is 0 Å². The Hall–Kier alpha value is -4.84. The molecule has 244 valence electrons. The monoisotopic (exact) mass is 641 g/mol. The predicted molar refractivity (Wildman–Crippen MR) is 168 cm³/mol. The fourth-order valence-corrected chi connectivity index (χ4v) is 5.49. The van der Waals surface area contributed by atoms with Gasteiger partial charge in [0.2, 0.25) is 0 Å². The van der Waals surface area contributed by atoms with E-state index in [4.69, 9.17) is 9.47 Å². The maximum absolute atomic E-state index is 14.9. The molecule has 0 aliphatic rings. The van der Waals surface area contributed by atoms with Crippen molar-refractivity contribution in [3.05, 3.63) is 88.7 Å². The van der Waals surface area contributed by atoms with E-state index in [9.17, 15) is 32.3 Å². The van der Waals surface area contributed by atoms with Crippen molar-refractivity contribution < 1.29 is 41.7 Å². The number of halogens is 4. The third kappa shape index (κ3) is 7.68. The van der Waals surface area contributed by atoms with Gasteiger partial charge in [0.25, 0.3) is 5.91 Å². The summed E-state index contributed by atoms with van der Waals surface area (Å²) in [5.74, 6) is -2.20. The van der Waals surface area contributed by atoms with E-state index in [1.807, 2.05) is 55.4 Å². The molecule has 4 aromatic carbocycles. The molecule has 0 spiro atoms. The Balaban J connectivity index is 1.69. The number of hydrogen-bond donors (Lipinski definition) is 3. The number of alkyl halides is 3. The van der Waals surface area contributed by atoms with Crippen LogP contribution in [-0.2, 0) is 17.8 Å². The number of ether oxygens (including phenoxy) is 2. The minimum atomic E-state index is -4.52. The van der Waals surface area contributed by atoms with Crippen LogP contribution in [0.5, 0.6) is 11.5 Å². The number of fused-ring (bicyclic) bond motifs is 1. The summed E-state index contributed by atoms with van der Waals surface area (Å²) in [5.41, 5.74) is 2.50. The van der Waals surface area contributed by atoms with Gasteiger partial charge >= 0.3 is 12.1 Å². The molecule has 4 rings (SSSR count). The number of rotatable bonds is 12. The largest absolute Gasteiger partial charge is 0.496 e. The highest BCUT2D eigenvalue weighted by atomic mass is 19.4. The number of methoxy groups -OCH3 is 2. The molecule has 0 saturated heterocycles. The standard InChI is InChI=1S/C34H35F4N3O5/c1-19-14-22(39-18-34(36,37)38)16-26(35)29(19)32(42)40-27(33(43)44)15-20-8-6-10-24-23(20)9-7-11-25(24)30-28(45-4)13-12-21(17-41(2)3)31(30)46-5/h6-14,16,27,39H,15,17-18H2,1-5H3,(H,40,42)(H,43,44)/t27-/m0/s1. The highest BCUT2D eigenvalue weighted by Gasteiger charge is 2.28. The van der Waals surface area contributed by atoms with Gasteiger partial charge in [-0.1, -0.05) is 42.5 Å². The number of nitrogens with zero attached hydrogens (tertiary/aromatic N) is 1. The van der Waals surface area contributed by atoms with Crippen molar-refractivity contribution in [1.82, 2.24) is 10.2 Å². The van der Waals surface area contributed by atoms with Crippen molar-refractivity contribution >= 4 is 28.3 Å². The first-order valence-corrected chi connectivity index (χ1v) is 14.3. The molecule has 1 atom stereocenters. The van der Waals surface area contributed by atoms with Crippen LogP contribution < -0.4 is 20.1 Å². The summed E-state index contributed by atoms with van der Waals surface area (Å²) in [6, 6.07) is 15.3. The predicted octanol–water partition coefficient (Wildman–Crippen LogP) is 6.43. The zero-order chi connectivity index (χ0) is 33.8. The molecule has 1 amide bonds. The number of anilines is 1. The summed E-state index contributed by atoms with van der Waals surface area (Å²) in [4.78, 5) is 27.5. The van der Waals surface area contributed by atoms with Crippen LogP contribution in [0.25, 0.3) is 21.9 Å². The van der Waals surface area contributed by atoms with Crippen molar-refractivity contribution in [3.63, 3.8) is 0 Å². The molecule has 0 saturated carbocycles. The number of carboxylic acids is 1. The van der Waals surface area contributed by atoms with Crippen molar-refractivity contribution in [2.45, 2.75) is 32.1 Å². The number of carbonyl (C=O) groups excluding carboxylic acids is 1. The third-order valence-corrected chi connectivity index (χ3v) is 7.43. The third-order valence-electron chi connectivity index (χ3n) is 7.43. The molecule has 4 aromatic rings. The second-order valence-corrected chi connectivity index (χ2v) is 11.1. The Labute approximate surface area is 263 Å². The van der Waals surface area contributed by atoms with Gasteiger partial charge < -0.3 is 30.1 Å². The summed E-state index contributed by atoms with van der Waals surface area (Å²) < 4.78 is 64.3. The number of aliphatic carboxylic acids is 1. The summed E-state index contributed by atoms with van der Waals surface area (Å²) in [6.07, 6.45) is -4.66. The first kappa shape index (κ1) is 34.0. The number of nitrogens with one attached hydrogen (secondary N) is 2. The maximum Gasteiger partial charge on any atom is 0.405 e. The average molecular weight is 642 g/mol. The molecule has 0 aliphatic heterocycles. The molecule has 0 fully saturated rings. The lowest BCUT2D eigenvalue weighted by Gasteiger charge is -2.21. The van der Waals surface area contributed by atoms with Gasteiger partial charge in [0.15, 0.2) is 0 Å². The smallest absolute Gasteiger partial charge is 0.405 e. The van der Waals surface area contributed by atoms with E-state index in [0.717, 1.165) is 33.5 Å². The van der Waals surface area contributed by atoms with Crippen molar-refractivity contribution in [1.29, 1.82) is 0 Å². The van der Waals surface area contributed by atoms with Crippen LogP contribution in [-0.4, -0.2) is 69.0 Å². The van der Waals surface area contributed by atoms with Crippen molar-refractivity contribution in [2.75, 3.05) is 40.2 Å². The van der Waals surface area contributed by atoms with E-state index in [2.05, 4.69) is 10.6 Å². The molecule has 0 aromatic heterocycles. The van der Waals surface area contributed by atoms with E-state index in [0.29, 0.717) is 23.6 Å². The fraction of sp³-hybridized carbons (Fsp3) is 0.294. The van der Waals surface area contributed by atoms with Gasteiger partial charge in [-0.05, 0) is 66.7 Å². The average Bonchev–Trinajstić information content (AvgIpc) is 2.98. The van der Waals surface area contributed by atoms with Gasteiger partial charge in [-0.25, -0.2) is 9.18 Å². The minimum absolute atomic E-state index is 0.0421. The molecule has 3 N–H and O–H groups in total. The summed E-state index contributed by atoms with van der Waals surface area (Å²) >= 11 is 0. The molecule has 12 heteroatoms. The molecular formula is C34H35F4N3O5. The van der Waals surface area contributed by atoms with E-state index in [-0.39, 0.29) is 17.7 Å². The van der Waals surface area contributed by atoms with Crippen LogP contribution in [0.4, 0.5) is 23.2 Å². The van der Waals surface area contributed by atoms with Crippen LogP contribution in [0, 0.1) is 12.7 Å². The SMILES string of the molecule is COc1ccc(CN(C)C)c(OC)c1-c1cccc2c(C[C@H](NC(=O)c3c(C)cc(NCC(F)(F)F)cc3F)C(=O)O)cccc12. The molecule has 0 unspecified atom stereocenters. The van der Waals surface area contributed by atoms with Crippen LogP contribution in [0.2, 0.25) is 0 Å². The van der Waals surface area contributed by atoms with Gasteiger partial charge in [0.1, 0.15) is 29.9 Å². The van der Waals surface area contributed by atoms with Crippen LogP contribution in [0.15, 0.2) is 60.7 Å². The number of carbonyl (C=O) groups is 2. The Morgan fingerprint density at radius 1 is 0.957 bits per heavy atom. The Bertz CT molecular complexity index is 1730. The number of hydrogen-bond acceptors (Lipinski definition) is 6. The van der Waals surface area contributed by atoms with Crippen LogP contribution in [0.1, 0.15) is 27.0 Å². The molecule has 8 nitrogen and oxygen atoms in total. The molecule has 0 heterocycles. The van der Waals surface area contributed by atoms with Gasteiger partial charge in [-0.3, -0.25) is 4.79 Å². The van der Waals surface area contributed by atoms with E-state index in [1.54, 1.807) is 26.4 Å². The summed E-state index contributed by atoms with van der Waals surface area (Å²) in [6.45, 7) is 0.588. The normalized spacial score (nSPS) is 12.2. The minimum Gasteiger partial charge on any atom is -0.496 e. The Morgan fingerprint density at radius 2 is 1.65 bits per heavy atom. The van der Waals surface area contributed by atoms with Gasteiger partial charge in [0, 0.05) is 24.2 Å². The molecule has 46 heavy (non-hydrogen) atoms. The molecule has 0 radical (unpaired) electrons. The number of amides is 1. The van der Waals surface area contributed by atoms with Crippen molar-refractivity contribution in [2.24, 2.45) is 0 Å². The summed E-state index contributed by atoms with van der Waals surface area (Å²) in [7, 11) is 7.06. The number of benzene rings is 4. The van der Waals surface area contributed by atoms with Gasteiger partial charge in [-0.2, -0.15) is 13.2 Å². The second kappa shape index (κ2) is 14.1. The Morgan fingerprint density at radius 3 is 2.26 bits per heavy atom. The van der Waals surface area contributed by atoms with E-state index < -0.39 is 42.0 Å². The van der Waals surface area contributed by atoms with Gasteiger partial charge in [-0.15, -0.1) is 0 Å². The zero-order valence-electron chi connectivity index (χ0n) is 26.0. The zero-order valence-corrected chi connectivity index (χ0v) is 26.0. The van der Waals surface area contributed by atoms with E-state index in [1.165, 1.54) is 13.0 Å². The first-order chi connectivity index (χ1) is 21.7. The second-order valence-electron chi connectivity index (χ2n) is 11.1. The first-order valence-electron chi connectivity index (χ1n) is 14.3. The Kier molecular flexibility index (Phi) is 10.4. The lowest BCUT2D eigenvalue weighted by molar-refractivity contribution is -0.139. The molecule has 0 bridgehead atoms. The quantitative estimate of drug-likeness (QED) is 0.153. The number of aryl methyl sites for hydroxylation is 1. The maximum atomic E-state index is 14.9. The van der Waals surface area contributed by atoms with Crippen LogP contribution in [0.3, 0.4) is 0 Å². The van der Waals surface area contributed by atoms with E-state index >= 15 is 0 Å². The van der Waals surface area contributed by atoms with Crippen molar-refractivity contribution in [3.8, 4) is 22.6 Å². The molecular weight excluding hydrogens is 606 g/mol. The molecule has 0 aliphatic carbocycles. The lowest BCUT2D eigenvalue weighted by Crippen LogP contribution is -2.42. The fourth-order valence-electron chi connectivity index (χ4n) is 5.49. The summed E-state index contributed by atoms with van der Waals surface area (Å²) in [5, 5.41) is 16.0. The highest BCUT2D eigenvalue weighted by molar-refractivity contribution is 6.02. The topological polar surface area (TPSA) is 100 Å². The number of carboxylic acid groups (broad SMARTS) is 1. The van der Waals surface area contributed by atoms with Gasteiger partial charge in [0.05, 0.1) is 25.3 Å². The highest BCUT2D eigenvalue weighted by Crippen LogP contribution is 2.44.